The Kier molecular flexibility index (Phi) is 6.39. The van der Waals surface area contributed by atoms with Gasteiger partial charge in [0.15, 0.2) is 16.6 Å². The molecule has 5 nitrogen and oxygen atoms in total. The number of methoxy groups -OCH3 is 2. The van der Waals surface area contributed by atoms with Gasteiger partial charge in [-0.25, -0.2) is 4.98 Å². The number of aryl methyl sites for hydroxylation is 1. The number of carbonyl (C=O) groups excluding carboxylic acids is 1. The van der Waals surface area contributed by atoms with E-state index in [-0.39, 0.29) is 5.91 Å². The lowest BCUT2D eigenvalue weighted by atomic mass is 9.88. The van der Waals surface area contributed by atoms with Crippen molar-refractivity contribution in [2.45, 2.75) is 39.0 Å². The third kappa shape index (κ3) is 4.14. The second kappa shape index (κ2) is 8.56. The van der Waals surface area contributed by atoms with Crippen LogP contribution in [-0.2, 0) is 12.8 Å². The summed E-state index contributed by atoms with van der Waals surface area (Å²) < 4.78 is 11.4. The number of ether oxygens (including phenoxy) is 2. The van der Waals surface area contributed by atoms with Crippen molar-refractivity contribution < 1.29 is 14.3 Å². The molecule has 1 atom stereocenters. The van der Waals surface area contributed by atoms with Gasteiger partial charge in [-0.1, -0.05) is 19.8 Å². The van der Waals surface area contributed by atoms with Crippen molar-refractivity contribution in [1.82, 2.24) is 4.98 Å². The van der Waals surface area contributed by atoms with Crippen molar-refractivity contribution in [3.63, 3.8) is 0 Å². The molecule has 1 aliphatic carbocycles. The van der Waals surface area contributed by atoms with E-state index in [2.05, 4.69) is 39.8 Å². The topological polar surface area (TPSA) is 60.5 Å². The van der Waals surface area contributed by atoms with Crippen molar-refractivity contribution in [2.24, 2.45) is 5.92 Å². The highest BCUT2D eigenvalue weighted by Gasteiger charge is 2.23. The molecule has 1 aromatic carbocycles. The normalized spacial score (nSPS) is 16.1. The molecule has 1 aromatic heterocycles. The Morgan fingerprint density at radius 1 is 1.35 bits per heavy atom. The number of hydrogen-bond donors (Lipinski definition) is 1. The fraction of sp³-hybridized carbons (Fsp3) is 0.474. The van der Waals surface area contributed by atoms with Gasteiger partial charge in [-0.3, -0.25) is 10.1 Å². The fourth-order valence-corrected chi connectivity index (χ4v) is 5.14. The summed E-state index contributed by atoms with van der Waals surface area (Å²) in [5, 5.41) is 3.64. The molecule has 0 bridgehead atoms. The van der Waals surface area contributed by atoms with Gasteiger partial charge in [-0.15, -0.1) is 11.3 Å². The van der Waals surface area contributed by atoms with Crippen molar-refractivity contribution in [3.05, 3.63) is 31.8 Å². The molecule has 0 saturated heterocycles. The minimum Gasteiger partial charge on any atom is -0.493 e. The summed E-state index contributed by atoms with van der Waals surface area (Å²) in [5.74, 6) is 1.73. The first kappa shape index (κ1) is 19.4. The Labute approximate surface area is 171 Å². The summed E-state index contributed by atoms with van der Waals surface area (Å²) in [6.45, 7) is 2.23. The molecule has 26 heavy (non-hydrogen) atoms. The zero-order chi connectivity index (χ0) is 18.7. The number of fused-ring (bicyclic) bond motifs is 1. The molecule has 0 saturated carbocycles. The van der Waals surface area contributed by atoms with Gasteiger partial charge in [0.05, 0.1) is 25.5 Å². The largest absolute Gasteiger partial charge is 0.493 e. The number of thiazole rings is 1. The smallest absolute Gasteiger partial charge is 0.258 e. The molecule has 2 aromatic rings. The van der Waals surface area contributed by atoms with Gasteiger partial charge >= 0.3 is 0 Å². The van der Waals surface area contributed by atoms with Crippen LogP contribution in [0.2, 0.25) is 0 Å². The Bertz CT molecular complexity index is 806. The number of halogens is 1. The SMILES string of the molecule is CCCC1CCc2nc(NC(=O)c3cc(OC)c(OC)cc3I)sc2C1. The summed E-state index contributed by atoms with van der Waals surface area (Å²) >= 11 is 3.75. The molecule has 7 heteroatoms. The molecule has 1 N–H and O–H groups in total. The molecular weight excluding hydrogens is 463 g/mol. The third-order valence-corrected chi connectivity index (χ3v) is 6.60. The lowest BCUT2D eigenvalue weighted by molar-refractivity contribution is 0.102. The molecule has 1 aliphatic rings. The molecule has 1 unspecified atom stereocenters. The van der Waals surface area contributed by atoms with E-state index in [0.29, 0.717) is 22.2 Å². The Morgan fingerprint density at radius 3 is 2.77 bits per heavy atom. The lowest BCUT2D eigenvalue weighted by Gasteiger charge is -2.19. The molecule has 0 aliphatic heterocycles. The van der Waals surface area contributed by atoms with Crippen molar-refractivity contribution in [3.8, 4) is 11.5 Å². The lowest BCUT2D eigenvalue weighted by Crippen LogP contribution is -2.14. The molecule has 0 spiro atoms. The highest BCUT2D eigenvalue weighted by atomic mass is 127. The van der Waals surface area contributed by atoms with Gasteiger partial charge in [0, 0.05) is 8.45 Å². The minimum atomic E-state index is -0.174. The second-order valence-electron chi connectivity index (χ2n) is 6.43. The van der Waals surface area contributed by atoms with Crippen LogP contribution in [0.1, 0.15) is 47.1 Å². The van der Waals surface area contributed by atoms with Gasteiger partial charge in [-0.05, 0) is 59.9 Å². The highest BCUT2D eigenvalue weighted by Crippen LogP contribution is 2.35. The van der Waals surface area contributed by atoms with Crippen LogP contribution in [-0.4, -0.2) is 25.1 Å². The summed E-state index contributed by atoms with van der Waals surface area (Å²) in [6, 6.07) is 3.51. The van der Waals surface area contributed by atoms with E-state index in [1.807, 2.05) is 0 Å². The predicted octanol–water partition coefficient (Wildman–Crippen LogP) is 4.92. The van der Waals surface area contributed by atoms with Crippen molar-refractivity contribution >= 4 is 45.0 Å². The molecule has 0 radical (unpaired) electrons. The van der Waals surface area contributed by atoms with E-state index < -0.39 is 0 Å². The first-order valence-corrected chi connectivity index (χ1v) is 10.7. The van der Waals surface area contributed by atoms with Gasteiger partial charge in [0.1, 0.15) is 0 Å². The number of anilines is 1. The van der Waals surface area contributed by atoms with Crippen molar-refractivity contribution in [1.29, 1.82) is 0 Å². The van der Waals surface area contributed by atoms with E-state index in [1.54, 1.807) is 37.7 Å². The molecule has 1 amide bonds. The molecule has 140 valence electrons. The molecule has 0 fully saturated rings. The summed E-state index contributed by atoms with van der Waals surface area (Å²) in [4.78, 5) is 18.7. The molecule has 1 heterocycles. The summed E-state index contributed by atoms with van der Waals surface area (Å²) in [7, 11) is 3.15. The zero-order valence-electron chi connectivity index (χ0n) is 15.2. The number of hydrogen-bond acceptors (Lipinski definition) is 5. The van der Waals surface area contributed by atoms with Gasteiger partial charge < -0.3 is 9.47 Å². The van der Waals surface area contributed by atoms with Gasteiger partial charge in [-0.2, -0.15) is 0 Å². The number of nitrogens with zero attached hydrogens (tertiary/aromatic N) is 1. The van der Waals surface area contributed by atoms with E-state index in [9.17, 15) is 4.79 Å². The second-order valence-corrected chi connectivity index (χ2v) is 8.67. The maximum absolute atomic E-state index is 12.7. The fourth-order valence-electron chi connectivity index (χ4n) is 3.34. The highest BCUT2D eigenvalue weighted by molar-refractivity contribution is 14.1. The van der Waals surface area contributed by atoms with Crippen LogP contribution in [0.15, 0.2) is 12.1 Å². The molecular formula is C19H23IN2O3S. The Morgan fingerprint density at radius 2 is 2.08 bits per heavy atom. The Balaban J connectivity index is 1.77. The average Bonchev–Trinajstić information content (AvgIpc) is 3.02. The van der Waals surface area contributed by atoms with E-state index in [1.165, 1.54) is 24.1 Å². The number of benzene rings is 1. The van der Waals surface area contributed by atoms with E-state index in [4.69, 9.17) is 9.47 Å². The number of aromatic nitrogens is 1. The van der Waals surface area contributed by atoms with Crippen LogP contribution in [0, 0.1) is 9.49 Å². The molecule has 3 rings (SSSR count). The number of rotatable bonds is 6. The summed E-state index contributed by atoms with van der Waals surface area (Å²) in [6.07, 6.45) is 5.79. The van der Waals surface area contributed by atoms with Crippen LogP contribution in [0.4, 0.5) is 5.13 Å². The minimum absolute atomic E-state index is 0.174. The van der Waals surface area contributed by atoms with Crippen LogP contribution in [0.5, 0.6) is 11.5 Å². The number of nitrogens with one attached hydrogen (secondary N) is 1. The van der Waals surface area contributed by atoms with Crippen LogP contribution >= 0.6 is 33.9 Å². The third-order valence-electron chi connectivity index (χ3n) is 4.68. The standard InChI is InChI=1S/C19H23IN2O3S/c1-4-5-11-6-7-14-17(8-11)26-19(21-14)22-18(23)12-9-15(24-2)16(25-3)10-13(12)20/h9-11H,4-8H2,1-3H3,(H,21,22,23). The monoisotopic (exact) mass is 486 g/mol. The van der Waals surface area contributed by atoms with Crippen LogP contribution in [0.25, 0.3) is 0 Å². The first-order valence-electron chi connectivity index (χ1n) is 8.77. The predicted molar refractivity (Wildman–Crippen MR) is 113 cm³/mol. The van der Waals surface area contributed by atoms with Crippen molar-refractivity contribution in [2.75, 3.05) is 19.5 Å². The van der Waals surface area contributed by atoms with Gasteiger partial charge in [0.2, 0.25) is 0 Å². The first-order chi connectivity index (χ1) is 12.5. The van der Waals surface area contributed by atoms with Gasteiger partial charge in [0.25, 0.3) is 5.91 Å². The van der Waals surface area contributed by atoms with Crippen LogP contribution < -0.4 is 14.8 Å². The van der Waals surface area contributed by atoms with E-state index in [0.717, 1.165) is 28.0 Å². The summed E-state index contributed by atoms with van der Waals surface area (Å²) in [5.41, 5.74) is 1.71. The Hall–Kier alpha value is -1.35. The number of amides is 1. The quantitative estimate of drug-likeness (QED) is 0.589. The van der Waals surface area contributed by atoms with E-state index >= 15 is 0 Å². The maximum Gasteiger partial charge on any atom is 0.258 e. The average molecular weight is 486 g/mol. The zero-order valence-corrected chi connectivity index (χ0v) is 18.2. The maximum atomic E-state index is 12.7. The number of carbonyl (C=O) groups is 1. The van der Waals surface area contributed by atoms with Crippen LogP contribution in [0.3, 0.4) is 0 Å².